The molecule has 0 spiro atoms. The summed E-state index contributed by atoms with van der Waals surface area (Å²) in [5.74, 6) is -1.59. The lowest BCUT2D eigenvalue weighted by atomic mass is 10.1. The normalized spacial score (nSPS) is 10.5. The van der Waals surface area contributed by atoms with Gasteiger partial charge >= 0.3 is 0 Å². The van der Waals surface area contributed by atoms with Crippen LogP contribution >= 0.6 is 0 Å². The van der Waals surface area contributed by atoms with E-state index in [0.29, 0.717) is 0 Å². The highest BCUT2D eigenvalue weighted by Gasteiger charge is 2.10. The molecule has 0 amide bonds. The minimum Gasteiger partial charge on any atom is -0.297 e. The first-order chi connectivity index (χ1) is 8.15. The molecule has 0 atom stereocenters. The van der Waals surface area contributed by atoms with Crippen LogP contribution in [0.25, 0.3) is 0 Å². The highest BCUT2D eigenvalue weighted by Crippen LogP contribution is 2.10. The zero-order valence-corrected chi connectivity index (χ0v) is 8.81. The van der Waals surface area contributed by atoms with Crippen LogP contribution in [0.5, 0.6) is 0 Å². The van der Waals surface area contributed by atoms with Crippen molar-refractivity contribution in [1.82, 2.24) is 14.8 Å². The van der Waals surface area contributed by atoms with E-state index in [-0.39, 0.29) is 24.3 Å². The molecule has 1 aromatic carbocycles. The topological polar surface area (TPSA) is 47.8 Å². The van der Waals surface area contributed by atoms with Crippen molar-refractivity contribution in [2.45, 2.75) is 13.0 Å². The number of carbonyl (C=O) groups excluding carboxylic acids is 1. The summed E-state index contributed by atoms with van der Waals surface area (Å²) in [6, 6.07) is 3.16. The van der Waals surface area contributed by atoms with Crippen molar-refractivity contribution in [2.24, 2.45) is 0 Å². The molecule has 88 valence electrons. The van der Waals surface area contributed by atoms with Crippen LogP contribution in [0.3, 0.4) is 0 Å². The average Bonchev–Trinajstić information content (AvgIpc) is 2.75. The van der Waals surface area contributed by atoms with Crippen LogP contribution in [0.15, 0.2) is 30.9 Å². The Bertz CT molecular complexity index is 526. The van der Waals surface area contributed by atoms with Gasteiger partial charge in [-0.1, -0.05) is 6.07 Å². The minimum absolute atomic E-state index is 0.0246. The first-order valence-electron chi connectivity index (χ1n) is 4.93. The Morgan fingerprint density at radius 3 is 2.82 bits per heavy atom. The molecule has 0 aliphatic heterocycles. The molecule has 0 saturated carbocycles. The Hall–Kier alpha value is -2.11. The number of hydrogen-bond acceptors (Lipinski definition) is 3. The van der Waals surface area contributed by atoms with E-state index in [1.165, 1.54) is 23.4 Å². The molecule has 2 rings (SSSR count). The van der Waals surface area contributed by atoms with Gasteiger partial charge in [-0.15, -0.1) is 0 Å². The summed E-state index contributed by atoms with van der Waals surface area (Å²) in [6.07, 6.45) is 2.62. The molecular formula is C11H9F2N3O. The number of benzene rings is 1. The van der Waals surface area contributed by atoms with Gasteiger partial charge < -0.3 is 0 Å². The van der Waals surface area contributed by atoms with Gasteiger partial charge in [0.1, 0.15) is 30.8 Å². The molecule has 1 heterocycles. The number of carbonyl (C=O) groups is 1. The fraction of sp³-hybridized carbons (Fsp3) is 0.182. The monoisotopic (exact) mass is 237 g/mol. The van der Waals surface area contributed by atoms with Gasteiger partial charge in [0.2, 0.25) is 0 Å². The number of nitrogens with zero attached hydrogens (tertiary/aromatic N) is 3. The molecule has 0 bridgehead atoms. The van der Waals surface area contributed by atoms with Crippen molar-refractivity contribution < 1.29 is 13.6 Å². The highest BCUT2D eigenvalue weighted by molar-refractivity contribution is 5.80. The number of ketones is 1. The molecule has 0 aliphatic rings. The summed E-state index contributed by atoms with van der Waals surface area (Å²) in [6.45, 7) is 0.0246. The molecule has 1 aromatic heterocycles. The predicted octanol–water partition coefficient (Wildman–Crippen LogP) is 1.37. The Morgan fingerprint density at radius 2 is 2.18 bits per heavy atom. The molecule has 0 fully saturated rings. The van der Waals surface area contributed by atoms with E-state index in [4.69, 9.17) is 0 Å². The second-order valence-corrected chi connectivity index (χ2v) is 3.54. The van der Waals surface area contributed by atoms with Crippen LogP contribution < -0.4 is 0 Å². The maximum atomic E-state index is 13.3. The van der Waals surface area contributed by atoms with Crippen molar-refractivity contribution in [3.63, 3.8) is 0 Å². The lowest BCUT2D eigenvalue weighted by molar-refractivity contribution is -0.119. The van der Waals surface area contributed by atoms with Crippen molar-refractivity contribution in [3.05, 3.63) is 48.1 Å². The first kappa shape index (κ1) is 11.4. The van der Waals surface area contributed by atoms with E-state index in [1.807, 2.05) is 0 Å². The Balaban J connectivity index is 2.03. The summed E-state index contributed by atoms with van der Waals surface area (Å²) in [5.41, 5.74) is 0.177. The molecule has 0 aliphatic carbocycles. The fourth-order valence-electron chi connectivity index (χ4n) is 1.43. The third-order valence-corrected chi connectivity index (χ3v) is 2.21. The van der Waals surface area contributed by atoms with Crippen LogP contribution in [-0.4, -0.2) is 20.5 Å². The molecule has 0 radical (unpaired) electrons. The molecule has 17 heavy (non-hydrogen) atoms. The zero-order chi connectivity index (χ0) is 12.3. The highest BCUT2D eigenvalue weighted by atomic mass is 19.1. The third-order valence-electron chi connectivity index (χ3n) is 2.21. The number of Topliss-reactive ketones (excluding diaryl/α,β-unsaturated/α-hetero) is 1. The largest absolute Gasteiger partial charge is 0.297 e. The van der Waals surface area contributed by atoms with Gasteiger partial charge in [0.25, 0.3) is 0 Å². The first-order valence-corrected chi connectivity index (χ1v) is 4.93. The molecular weight excluding hydrogens is 228 g/mol. The standard InChI is InChI=1S/C11H9F2N3O/c12-9-2-1-8(11(13)4-9)3-10(17)5-16-7-14-6-15-16/h1-2,4,6-7H,3,5H2. The lowest BCUT2D eigenvalue weighted by Crippen LogP contribution is -2.13. The van der Waals surface area contributed by atoms with Crippen LogP contribution in [0.4, 0.5) is 8.78 Å². The number of hydrogen-bond donors (Lipinski definition) is 0. The second-order valence-electron chi connectivity index (χ2n) is 3.54. The van der Waals surface area contributed by atoms with Crippen LogP contribution in [0, 0.1) is 11.6 Å². The SMILES string of the molecule is O=C(Cc1ccc(F)cc1F)Cn1cncn1. The number of aromatic nitrogens is 3. The van der Waals surface area contributed by atoms with E-state index in [1.54, 1.807) is 0 Å². The Kier molecular flexibility index (Phi) is 3.22. The molecule has 0 saturated heterocycles. The molecule has 4 nitrogen and oxygen atoms in total. The van der Waals surface area contributed by atoms with Crippen molar-refractivity contribution in [3.8, 4) is 0 Å². The predicted molar refractivity (Wildman–Crippen MR) is 55.1 cm³/mol. The van der Waals surface area contributed by atoms with Crippen LogP contribution in [-0.2, 0) is 17.8 Å². The minimum atomic E-state index is -0.711. The molecule has 0 N–H and O–H groups in total. The zero-order valence-electron chi connectivity index (χ0n) is 8.81. The summed E-state index contributed by atoms with van der Waals surface area (Å²) >= 11 is 0. The fourth-order valence-corrected chi connectivity index (χ4v) is 1.43. The van der Waals surface area contributed by atoms with Crippen LogP contribution in [0.2, 0.25) is 0 Å². The number of rotatable bonds is 4. The van der Waals surface area contributed by atoms with Gasteiger partial charge in [0, 0.05) is 12.5 Å². The van der Waals surface area contributed by atoms with Gasteiger partial charge in [-0.3, -0.25) is 4.79 Å². The van der Waals surface area contributed by atoms with Gasteiger partial charge in [-0.2, -0.15) is 5.10 Å². The maximum absolute atomic E-state index is 13.3. The quantitative estimate of drug-likeness (QED) is 0.806. The van der Waals surface area contributed by atoms with Gasteiger partial charge in [0.15, 0.2) is 5.78 Å². The third kappa shape index (κ3) is 2.93. The van der Waals surface area contributed by atoms with Gasteiger partial charge in [-0.25, -0.2) is 18.4 Å². The van der Waals surface area contributed by atoms with E-state index >= 15 is 0 Å². The summed E-state index contributed by atoms with van der Waals surface area (Å²) in [7, 11) is 0. The van der Waals surface area contributed by atoms with E-state index < -0.39 is 11.6 Å². The Morgan fingerprint density at radius 1 is 1.35 bits per heavy atom. The molecule has 2 aromatic rings. The number of halogens is 2. The summed E-state index contributed by atoms with van der Waals surface area (Å²) in [5, 5.41) is 3.77. The van der Waals surface area contributed by atoms with E-state index in [9.17, 15) is 13.6 Å². The van der Waals surface area contributed by atoms with Crippen molar-refractivity contribution >= 4 is 5.78 Å². The van der Waals surface area contributed by atoms with Crippen molar-refractivity contribution in [1.29, 1.82) is 0 Å². The van der Waals surface area contributed by atoms with Gasteiger partial charge in [-0.05, 0) is 11.6 Å². The maximum Gasteiger partial charge on any atom is 0.158 e. The molecule has 6 heteroatoms. The average molecular weight is 237 g/mol. The van der Waals surface area contributed by atoms with Gasteiger partial charge in [0.05, 0.1) is 0 Å². The van der Waals surface area contributed by atoms with E-state index in [0.717, 1.165) is 12.1 Å². The summed E-state index contributed by atoms with van der Waals surface area (Å²) < 4.78 is 27.3. The molecule has 0 unspecified atom stereocenters. The van der Waals surface area contributed by atoms with Crippen molar-refractivity contribution in [2.75, 3.05) is 0 Å². The Labute approximate surface area is 95.9 Å². The second kappa shape index (κ2) is 4.82. The lowest BCUT2D eigenvalue weighted by Gasteiger charge is -2.03. The smallest absolute Gasteiger partial charge is 0.158 e. The summed E-state index contributed by atoms with van der Waals surface area (Å²) in [4.78, 5) is 15.3. The van der Waals surface area contributed by atoms with Crippen LogP contribution in [0.1, 0.15) is 5.56 Å². The van der Waals surface area contributed by atoms with E-state index in [2.05, 4.69) is 10.1 Å².